The van der Waals surface area contributed by atoms with Gasteiger partial charge in [0.05, 0.1) is 0 Å². The van der Waals surface area contributed by atoms with Gasteiger partial charge in [-0.15, -0.1) is 0 Å². The summed E-state index contributed by atoms with van der Waals surface area (Å²) in [5.74, 6) is 0. The third kappa shape index (κ3) is 2560. The summed E-state index contributed by atoms with van der Waals surface area (Å²) >= 11 is 0. The van der Waals surface area contributed by atoms with Crippen molar-refractivity contribution in [3.05, 3.63) is 0 Å². The lowest BCUT2D eigenvalue weighted by Gasteiger charge is -2.05. The maximum atomic E-state index is 8.56. The van der Waals surface area contributed by atoms with Crippen molar-refractivity contribution in [3.8, 4) is 0 Å². The second-order valence-corrected chi connectivity index (χ2v) is 2.54. The van der Waals surface area contributed by atoms with E-state index in [1.807, 2.05) is 0 Å². The predicted molar refractivity (Wildman–Crippen MR) is 61.1 cm³/mol. The van der Waals surface area contributed by atoms with Crippen LogP contribution in [0.3, 0.4) is 0 Å². The van der Waals surface area contributed by atoms with Crippen LogP contribution in [0.25, 0.3) is 0 Å². The van der Waals surface area contributed by atoms with Gasteiger partial charge in [-0.2, -0.15) is 0 Å². The largest absolute Gasteiger partial charge is 0.503 e. The summed E-state index contributed by atoms with van der Waals surface area (Å²) in [6, 6.07) is 0. The van der Waals surface area contributed by atoms with Crippen LogP contribution in [0, 0.1) is 0 Å². The molecule has 1 saturated carbocycles. The highest BCUT2D eigenvalue weighted by atomic mass is 16.6. The molecular formula is C8H16O12. The van der Waals surface area contributed by atoms with Gasteiger partial charge in [0.2, 0.25) is 0 Å². The molecule has 8 N–H and O–H groups in total. The standard InChI is InChI=1S/C4H8.4CH2O3/c1-2-4-3-1;4*2-1(3)4/h1-4H2;4*(H2,2,3,4). The molecule has 1 aliphatic rings. The molecule has 20 heavy (non-hydrogen) atoms. The fraction of sp³-hybridized carbons (Fsp3) is 0.500. The zero-order valence-corrected chi connectivity index (χ0v) is 10.0. The number of carboxylic acid groups (broad SMARTS) is 8. The molecule has 0 radical (unpaired) electrons. The van der Waals surface area contributed by atoms with Gasteiger partial charge >= 0.3 is 24.6 Å². The molecule has 0 bridgehead atoms. The minimum Gasteiger partial charge on any atom is -0.450 e. The summed E-state index contributed by atoms with van der Waals surface area (Å²) in [5.41, 5.74) is 0. The average Bonchev–Trinajstić information content (AvgIpc) is 1.91. The Hall–Kier alpha value is -2.92. The summed E-state index contributed by atoms with van der Waals surface area (Å²) in [6.07, 6.45) is -1.33. The molecule has 0 spiro atoms. The van der Waals surface area contributed by atoms with Crippen LogP contribution in [0.1, 0.15) is 25.7 Å². The van der Waals surface area contributed by atoms with Crippen LogP contribution in [0.2, 0.25) is 0 Å². The third-order valence-electron chi connectivity index (χ3n) is 1.000. The van der Waals surface area contributed by atoms with E-state index in [1.54, 1.807) is 0 Å². The van der Waals surface area contributed by atoms with E-state index in [9.17, 15) is 0 Å². The summed E-state index contributed by atoms with van der Waals surface area (Å²) < 4.78 is 0. The molecular weight excluding hydrogens is 288 g/mol. The Morgan fingerprint density at radius 2 is 0.450 bits per heavy atom. The SMILES string of the molecule is C1CCC1.O=C(O)O.O=C(O)O.O=C(O)O.O=C(O)O. The molecule has 0 unspecified atom stereocenters. The molecule has 0 aromatic rings. The van der Waals surface area contributed by atoms with E-state index in [4.69, 9.17) is 60.0 Å². The summed E-state index contributed by atoms with van der Waals surface area (Å²) in [6.45, 7) is 0. The first-order valence-corrected chi connectivity index (χ1v) is 4.61. The Kier molecular flexibility index (Phi) is 27.6. The Morgan fingerprint density at radius 3 is 0.450 bits per heavy atom. The Balaban J connectivity index is -0.0000000800. The van der Waals surface area contributed by atoms with Crippen LogP contribution in [0.15, 0.2) is 0 Å². The zero-order valence-electron chi connectivity index (χ0n) is 10.0. The molecule has 1 fully saturated rings. The van der Waals surface area contributed by atoms with Crippen molar-refractivity contribution in [1.82, 2.24) is 0 Å². The molecule has 1 rings (SSSR count). The van der Waals surface area contributed by atoms with Gasteiger partial charge in [-0.05, 0) is 0 Å². The average molecular weight is 304 g/mol. The third-order valence-corrected chi connectivity index (χ3v) is 1.000. The van der Waals surface area contributed by atoms with Gasteiger partial charge in [-0.1, -0.05) is 25.7 Å². The second-order valence-electron chi connectivity index (χ2n) is 2.54. The van der Waals surface area contributed by atoms with Gasteiger partial charge in [0.1, 0.15) is 0 Å². The van der Waals surface area contributed by atoms with E-state index in [2.05, 4.69) is 0 Å². The van der Waals surface area contributed by atoms with Crippen molar-refractivity contribution in [2.24, 2.45) is 0 Å². The molecule has 0 saturated heterocycles. The molecule has 0 heterocycles. The van der Waals surface area contributed by atoms with Crippen LogP contribution in [-0.2, 0) is 0 Å². The number of hydrogen-bond acceptors (Lipinski definition) is 4. The van der Waals surface area contributed by atoms with Crippen molar-refractivity contribution in [3.63, 3.8) is 0 Å². The van der Waals surface area contributed by atoms with E-state index < -0.39 is 24.6 Å². The van der Waals surface area contributed by atoms with Crippen LogP contribution < -0.4 is 0 Å². The number of carbonyl (C=O) groups is 4. The lowest BCUT2D eigenvalue weighted by molar-refractivity contribution is 0.135. The first-order valence-electron chi connectivity index (χ1n) is 4.61. The topological polar surface area (TPSA) is 230 Å². The van der Waals surface area contributed by atoms with Crippen LogP contribution in [0.4, 0.5) is 19.2 Å². The molecule has 0 aliphatic heterocycles. The van der Waals surface area contributed by atoms with E-state index in [0.717, 1.165) is 0 Å². The van der Waals surface area contributed by atoms with E-state index in [1.165, 1.54) is 25.7 Å². The fourth-order valence-corrected chi connectivity index (χ4v) is 0.250. The van der Waals surface area contributed by atoms with Crippen molar-refractivity contribution in [2.75, 3.05) is 0 Å². The normalized spacial score (nSPS) is 9.60. The van der Waals surface area contributed by atoms with Crippen LogP contribution >= 0.6 is 0 Å². The first-order chi connectivity index (χ1) is 8.93. The highest BCUT2D eigenvalue weighted by Gasteiger charge is 1.95. The molecule has 120 valence electrons. The number of hydrogen-bond donors (Lipinski definition) is 8. The maximum Gasteiger partial charge on any atom is 0.503 e. The highest BCUT2D eigenvalue weighted by molar-refractivity contribution is 5.54. The molecule has 1 aliphatic carbocycles. The Labute approximate surface area is 111 Å². The second kappa shape index (κ2) is 21.4. The molecule has 0 aromatic carbocycles. The lowest BCUT2D eigenvalue weighted by atomic mass is 10.0. The van der Waals surface area contributed by atoms with E-state index in [0.29, 0.717) is 0 Å². The Bertz CT molecular complexity index is 201. The summed E-state index contributed by atoms with van der Waals surface area (Å²) in [7, 11) is 0. The van der Waals surface area contributed by atoms with Gasteiger partial charge in [-0.3, -0.25) is 0 Å². The molecule has 0 atom stereocenters. The maximum absolute atomic E-state index is 8.56. The predicted octanol–water partition coefficient (Wildman–Crippen LogP) is 2.45. The van der Waals surface area contributed by atoms with Gasteiger partial charge in [0, 0.05) is 0 Å². The molecule has 0 aromatic heterocycles. The van der Waals surface area contributed by atoms with Crippen LogP contribution in [0.5, 0.6) is 0 Å². The molecule has 12 nitrogen and oxygen atoms in total. The van der Waals surface area contributed by atoms with Gasteiger partial charge < -0.3 is 40.9 Å². The minimum atomic E-state index is -1.83. The minimum absolute atomic E-state index is 1.50. The fourth-order valence-electron chi connectivity index (χ4n) is 0.250. The molecule has 12 heteroatoms. The van der Waals surface area contributed by atoms with E-state index in [-0.39, 0.29) is 0 Å². The number of rotatable bonds is 0. The summed E-state index contributed by atoms with van der Waals surface area (Å²) in [4.78, 5) is 34.2. The monoisotopic (exact) mass is 304 g/mol. The lowest BCUT2D eigenvalue weighted by Crippen LogP contribution is -1.85. The van der Waals surface area contributed by atoms with Crippen LogP contribution in [-0.4, -0.2) is 65.5 Å². The van der Waals surface area contributed by atoms with Crippen molar-refractivity contribution in [1.29, 1.82) is 0 Å². The van der Waals surface area contributed by atoms with Gasteiger partial charge in [0.25, 0.3) is 0 Å². The Morgan fingerprint density at radius 1 is 0.400 bits per heavy atom. The zero-order chi connectivity index (χ0) is 17.1. The quantitative estimate of drug-likeness (QED) is 0.322. The van der Waals surface area contributed by atoms with Gasteiger partial charge in [-0.25, -0.2) is 19.2 Å². The van der Waals surface area contributed by atoms with Crippen molar-refractivity contribution >= 4 is 24.6 Å². The van der Waals surface area contributed by atoms with Gasteiger partial charge in [0.15, 0.2) is 0 Å². The van der Waals surface area contributed by atoms with E-state index >= 15 is 0 Å². The smallest absolute Gasteiger partial charge is 0.450 e. The molecule has 0 amide bonds. The highest BCUT2D eigenvalue weighted by Crippen LogP contribution is 2.15. The summed E-state index contributed by atoms with van der Waals surface area (Å²) in [5, 5.41) is 55.8. The first kappa shape index (κ1) is 25.8. The van der Waals surface area contributed by atoms with Crippen molar-refractivity contribution < 1.29 is 60.0 Å². The van der Waals surface area contributed by atoms with Crippen molar-refractivity contribution in [2.45, 2.75) is 25.7 Å².